The molecule has 0 bridgehead atoms. The molecule has 9 heteroatoms. The molecule has 2 aliphatic heterocycles. The Morgan fingerprint density at radius 3 is 0.912 bits per heavy atom. The maximum absolute atomic E-state index is 9.24. The average molecular weight is 832 g/mol. The van der Waals surface area contributed by atoms with Crippen LogP contribution in [0.2, 0.25) is 0 Å². The van der Waals surface area contributed by atoms with Crippen LogP contribution >= 0.6 is 11.6 Å². The zero-order valence-electron chi connectivity index (χ0n) is 38.1. The van der Waals surface area contributed by atoms with Crippen molar-refractivity contribution in [2.45, 2.75) is 244 Å². The number of aliphatic hydroxyl groups excluding tert-OH is 2. The van der Waals surface area contributed by atoms with Gasteiger partial charge in [-0.1, -0.05) is 219 Å². The molecule has 0 aromatic rings. The Labute approximate surface area is 359 Å². The van der Waals surface area contributed by atoms with E-state index >= 15 is 0 Å². The van der Waals surface area contributed by atoms with Crippen molar-refractivity contribution in [3.05, 3.63) is 0 Å². The lowest BCUT2D eigenvalue weighted by Gasteiger charge is -2.22. The number of aliphatic carboxylic acids is 1. The average Bonchev–Trinajstić information content (AvgIpc) is 3.87. The van der Waals surface area contributed by atoms with Gasteiger partial charge in [0.05, 0.1) is 25.5 Å². The number of alkyl halides is 1. The molecule has 0 saturated carbocycles. The molecular weight excluding hydrogens is 732 g/mol. The molecule has 8 nitrogen and oxygen atoms in total. The number of nitrogens with one attached hydrogen (secondary N) is 2. The van der Waals surface area contributed by atoms with E-state index in [1.165, 1.54) is 218 Å². The normalized spacial score (nSPS) is 17.1. The van der Waals surface area contributed by atoms with E-state index < -0.39 is 5.97 Å². The van der Waals surface area contributed by atoms with Gasteiger partial charge in [0.1, 0.15) is 5.88 Å². The van der Waals surface area contributed by atoms with Gasteiger partial charge < -0.3 is 26.0 Å². The topological polar surface area (TPSA) is 108 Å². The summed E-state index contributed by atoms with van der Waals surface area (Å²) in [5.41, 5.74) is 0. The Morgan fingerprint density at radius 1 is 0.474 bits per heavy atom. The van der Waals surface area contributed by atoms with Gasteiger partial charge in [-0.15, -0.1) is 11.6 Å². The number of carbonyl (C=O) groups is 1. The smallest absolute Gasteiger partial charge is 0.318 e. The molecule has 342 valence electrons. The van der Waals surface area contributed by atoms with Crippen molar-refractivity contribution in [1.29, 1.82) is 0 Å². The lowest BCUT2D eigenvalue weighted by Crippen LogP contribution is -2.37. The summed E-state index contributed by atoms with van der Waals surface area (Å²) in [7, 11) is 0. The Bertz CT molecular complexity index is 742. The largest absolute Gasteiger partial charge is 0.480 e. The number of halogens is 1. The fourth-order valence-electron chi connectivity index (χ4n) is 8.45. The standard InChI is InChI=1S/2C23H48N2O.C2H3ClO2/c2*1-2-3-4-5-6-7-8-9-10-11-12-13-14-15-16-17-18-23-24-19-20-25(23)21-22-26;3-1-2(4)5/h2*23-24,26H,2-22H2,1H3;1H2,(H,4,5). The third-order valence-electron chi connectivity index (χ3n) is 12.0. The quantitative estimate of drug-likeness (QED) is 0.0308. The number of unbranched alkanes of at least 4 members (excludes halogenated alkanes) is 30. The first-order valence-corrected chi connectivity index (χ1v) is 25.5. The highest BCUT2D eigenvalue weighted by Gasteiger charge is 2.23. The minimum atomic E-state index is -0.980. The van der Waals surface area contributed by atoms with E-state index in [0.717, 1.165) is 39.3 Å². The van der Waals surface area contributed by atoms with Crippen LogP contribution in [-0.4, -0.2) is 102 Å². The Balaban J connectivity index is 0.000000982. The molecule has 0 spiro atoms. The minimum Gasteiger partial charge on any atom is -0.480 e. The maximum Gasteiger partial charge on any atom is 0.318 e. The fraction of sp³-hybridized carbons (Fsp3) is 0.979. The molecule has 2 fully saturated rings. The minimum absolute atomic E-state index is 0.289. The first kappa shape index (κ1) is 56.5. The third kappa shape index (κ3) is 39.4. The van der Waals surface area contributed by atoms with E-state index in [9.17, 15) is 4.79 Å². The second kappa shape index (κ2) is 46.6. The summed E-state index contributed by atoms with van der Waals surface area (Å²) in [4.78, 5) is 14.0. The van der Waals surface area contributed by atoms with Gasteiger partial charge in [0.25, 0.3) is 0 Å². The van der Waals surface area contributed by atoms with Crippen LogP contribution in [-0.2, 0) is 4.79 Å². The second-order valence-corrected chi connectivity index (χ2v) is 17.4. The molecule has 2 aliphatic rings. The molecule has 5 N–H and O–H groups in total. The molecule has 57 heavy (non-hydrogen) atoms. The van der Waals surface area contributed by atoms with Gasteiger partial charge in [-0.05, 0) is 12.8 Å². The van der Waals surface area contributed by atoms with Crippen molar-refractivity contribution in [1.82, 2.24) is 20.4 Å². The second-order valence-electron chi connectivity index (χ2n) is 17.2. The zero-order valence-corrected chi connectivity index (χ0v) is 38.8. The van der Waals surface area contributed by atoms with Crippen LogP contribution < -0.4 is 10.6 Å². The molecule has 0 aliphatic carbocycles. The predicted octanol–water partition coefficient (Wildman–Crippen LogP) is 12.0. The summed E-state index contributed by atoms with van der Waals surface area (Å²) in [6.45, 7) is 11.2. The van der Waals surface area contributed by atoms with Crippen molar-refractivity contribution in [3.63, 3.8) is 0 Å². The van der Waals surface area contributed by atoms with Gasteiger partial charge >= 0.3 is 5.97 Å². The number of hydrogen-bond acceptors (Lipinski definition) is 7. The number of carboxylic acid groups (broad SMARTS) is 1. The number of carboxylic acids is 1. The van der Waals surface area contributed by atoms with Crippen LogP contribution in [0.15, 0.2) is 0 Å². The van der Waals surface area contributed by atoms with Crippen LogP contribution in [0.25, 0.3) is 0 Å². The van der Waals surface area contributed by atoms with Crippen LogP contribution in [0.3, 0.4) is 0 Å². The Kier molecular flexibility index (Phi) is 46.2. The molecule has 2 rings (SSSR count). The third-order valence-corrected chi connectivity index (χ3v) is 12.2. The molecule has 0 radical (unpaired) electrons. The lowest BCUT2D eigenvalue weighted by atomic mass is 10.0. The molecule has 2 unspecified atom stereocenters. The van der Waals surface area contributed by atoms with Gasteiger partial charge in [-0.25, -0.2) is 0 Å². The van der Waals surface area contributed by atoms with E-state index in [1.807, 2.05) is 0 Å². The number of β-amino-alcohol motifs (C(OH)–C–C–N with tert-alkyl or cyclic N) is 2. The number of hydrogen-bond donors (Lipinski definition) is 5. The van der Waals surface area contributed by atoms with Crippen LogP contribution in [0, 0.1) is 0 Å². The van der Waals surface area contributed by atoms with E-state index in [2.05, 4.69) is 34.3 Å². The summed E-state index contributed by atoms with van der Waals surface area (Å²) >= 11 is 4.74. The van der Waals surface area contributed by atoms with Crippen molar-refractivity contribution in [2.75, 3.05) is 58.4 Å². The highest BCUT2D eigenvalue weighted by molar-refractivity contribution is 6.26. The molecule has 0 aromatic carbocycles. The molecule has 2 saturated heterocycles. The van der Waals surface area contributed by atoms with E-state index in [1.54, 1.807) is 0 Å². The van der Waals surface area contributed by atoms with Crippen LogP contribution in [0.4, 0.5) is 0 Å². The molecule has 0 aromatic heterocycles. The fourth-order valence-corrected chi connectivity index (χ4v) is 8.45. The van der Waals surface area contributed by atoms with Gasteiger partial charge in [-0.3, -0.25) is 14.6 Å². The number of rotatable bonds is 39. The highest BCUT2D eigenvalue weighted by Crippen LogP contribution is 2.18. The van der Waals surface area contributed by atoms with E-state index in [-0.39, 0.29) is 19.1 Å². The van der Waals surface area contributed by atoms with Gasteiger partial charge in [-0.2, -0.15) is 0 Å². The molecule has 2 atom stereocenters. The van der Waals surface area contributed by atoms with E-state index in [0.29, 0.717) is 12.3 Å². The Hall–Kier alpha value is -0.480. The van der Waals surface area contributed by atoms with Crippen molar-refractivity contribution < 1.29 is 20.1 Å². The maximum atomic E-state index is 9.24. The Morgan fingerprint density at radius 2 is 0.702 bits per heavy atom. The number of nitrogens with zero attached hydrogens (tertiary/aromatic N) is 2. The summed E-state index contributed by atoms with van der Waals surface area (Å²) in [5.74, 6) is -1.29. The number of aliphatic hydroxyl groups is 2. The van der Waals surface area contributed by atoms with E-state index in [4.69, 9.17) is 26.9 Å². The lowest BCUT2D eigenvalue weighted by molar-refractivity contribution is -0.134. The first-order valence-electron chi connectivity index (χ1n) is 25.0. The van der Waals surface area contributed by atoms with Gasteiger partial charge in [0.15, 0.2) is 0 Å². The highest BCUT2D eigenvalue weighted by atomic mass is 35.5. The monoisotopic (exact) mass is 831 g/mol. The van der Waals surface area contributed by atoms with Gasteiger partial charge in [0, 0.05) is 39.3 Å². The summed E-state index contributed by atoms with van der Waals surface area (Å²) in [5, 5.41) is 32.9. The zero-order chi connectivity index (χ0) is 41.7. The van der Waals surface area contributed by atoms with Gasteiger partial charge in [0.2, 0.25) is 0 Å². The SMILES string of the molecule is CCCCCCCCCCCCCCCCCCC1NCCN1CCO.CCCCCCCCCCCCCCCCCCC1NCCN1CCO.O=C(O)CCl. The van der Waals surface area contributed by atoms with Crippen molar-refractivity contribution in [3.8, 4) is 0 Å². The summed E-state index contributed by atoms with van der Waals surface area (Å²) < 4.78 is 0. The van der Waals surface area contributed by atoms with Crippen LogP contribution in [0.5, 0.6) is 0 Å². The molecule has 0 amide bonds. The summed E-state index contributed by atoms with van der Waals surface area (Å²) in [6.07, 6.45) is 49.4. The molecular formula is C48H99ClN4O4. The first-order chi connectivity index (χ1) is 28.0. The van der Waals surface area contributed by atoms with Crippen molar-refractivity contribution in [2.24, 2.45) is 0 Å². The van der Waals surface area contributed by atoms with Crippen LogP contribution in [0.1, 0.15) is 232 Å². The summed E-state index contributed by atoms with van der Waals surface area (Å²) in [6, 6.07) is 0. The predicted molar refractivity (Wildman–Crippen MR) is 248 cm³/mol. The molecule has 2 heterocycles. The van der Waals surface area contributed by atoms with Crippen molar-refractivity contribution >= 4 is 17.6 Å².